The summed E-state index contributed by atoms with van der Waals surface area (Å²) in [6.07, 6.45) is -0.529. The zero-order chi connectivity index (χ0) is 22.9. The summed E-state index contributed by atoms with van der Waals surface area (Å²) < 4.78 is 7.15. The Hall–Kier alpha value is -3.60. The van der Waals surface area contributed by atoms with Crippen molar-refractivity contribution in [2.75, 3.05) is 29.1 Å². The molecule has 0 bridgehead atoms. The summed E-state index contributed by atoms with van der Waals surface area (Å²) in [5.41, 5.74) is 2.11. The molecule has 1 aromatic carbocycles. The summed E-state index contributed by atoms with van der Waals surface area (Å²) >= 11 is 1.34. The number of hydrogen-bond donors (Lipinski definition) is 3. The molecule has 0 fully saturated rings. The molecule has 10 nitrogen and oxygen atoms in total. The molecule has 1 aliphatic heterocycles. The minimum atomic E-state index is -0.573. The number of carbonyl (C=O) groups is 2. The van der Waals surface area contributed by atoms with Crippen molar-refractivity contribution in [3.05, 3.63) is 35.7 Å². The molecule has 0 saturated carbocycles. The number of hydrogen-bond acceptors (Lipinski definition) is 7. The number of amides is 3. The fourth-order valence-corrected chi connectivity index (χ4v) is 3.99. The van der Waals surface area contributed by atoms with Gasteiger partial charge in [0.25, 0.3) is 0 Å². The molecule has 11 heteroatoms. The lowest BCUT2D eigenvalue weighted by Crippen LogP contribution is -2.27. The van der Waals surface area contributed by atoms with E-state index >= 15 is 0 Å². The number of rotatable bonds is 4. The second-order valence-electron chi connectivity index (χ2n) is 8.18. The maximum Gasteiger partial charge on any atom is 0.413 e. The molecule has 3 N–H and O–H groups in total. The van der Waals surface area contributed by atoms with E-state index in [1.165, 1.54) is 11.3 Å². The molecule has 1 aliphatic rings. The summed E-state index contributed by atoms with van der Waals surface area (Å²) in [6, 6.07) is 9.54. The van der Waals surface area contributed by atoms with Gasteiger partial charge in [0.1, 0.15) is 11.4 Å². The first-order chi connectivity index (χ1) is 15.2. The minimum Gasteiger partial charge on any atom is -0.444 e. The van der Waals surface area contributed by atoms with Gasteiger partial charge in [-0.1, -0.05) is 12.1 Å². The third-order valence-corrected chi connectivity index (χ3v) is 5.36. The van der Waals surface area contributed by atoms with Gasteiger partial charge >= 0.3 is 12.1 Å². The SMILES string of the molecule is CNC(=O)Nc1cc2n(n1)CCN2c1cccc(-c2csc(NC(=O)OC(C)(C)C)n2)c1. The normalized spacial score (nSPS) is 12.9. The van der Waals surface area contributed by atoms with Gasteiger partial charge in [-0.25, -0.2) is 19.3 Å². The van der Waals surface area contributed by atoms with Gasteiger partial charge in [0.15, 0.2) is 10.9 Å². The van der Waals surface area contributed by atoms with Crippen LogP contribution in [0.3, 0.4) is 0 Å². The van der Waals surface area contributed by atoms with Crippen LogP contribution < -0.4 is 20.9 Å². The van der Waals surface area contributed by atoms with E-state index in [-0.39, 0.29) is 6.03 Å². The Morgan fingerprint density at radius 3 is 2.72 bits per heavy atom. The molecular formula is C21H25N7O3S. The van der Waals surface area contributed by atoms with E-state index < -0.39 is 11.7 Å². The molecule has 3 amide bonds. The number of urea groups is 1. The molecule has 0 spiro atoms. The summed E-state index contributed by atoms with van der Waals surface area (Å²) in [7, 11) is 1.56. The van der Waals surface area contributed by atoms with Crippen LogP contribution in [0.15, 0.2) is 35.7 Å². The van der Waals surface area contributed by atoms with Crippen LogP contribution in [-0.2, 0) is 11.3 Å². The lowest BCUT2D eigenvalue weighted by Gasteiger charge is -2.19. The molecule has 168 valence electrons. The predicted octanol–water partition coefficient (Wildman–Crippen LogP) is 4.26. The number of carbonyl (C=O) groups excluding carboxylic acids is 2. The third kappa shape index (κ3) is 4.83. The van der Waals surface area contributed by atoms with Crippen LogP contribution in [0.2, 0.25) is 0 Å². The molecule has 3 heterocycles. The van der Waals surface area contributed by atoms with Crippen molar-refractivity contribution >= 4 is 45.9 Å². The average molecular weight is 456 g/mol. The molecule has 0 radical (unpaired) electrons. The molecule has 2 aromatic heterocycles. The van der Waals surface area contributed by atoms with Crippen molar-refractivity contribution in [2.24, 2.45) is 0 Å². The molecule has 0 unspecified atom stereocenters. The topological polar surface area (TPSA) is 113 Å². The minimum absolute atomic E-state index is 0.311. The Balaban J connectivity index is 1.51. The number of fused-ring (bicyclic) bond motifs is 1. The molecule has 0 atom stereocenters. The van der Waals surface area contributed by atoms with E-state index in [1.54, 1.807) is 7.05 Å². The van der Waals surface area contributed by atoms with Crippen LogP contribution >= 0.6 is 11.3 Å². The molecule has 3 aromatic rings. The van der Waals surface area contributed by atoms with Crippen molar-refractivity contribution in [3.63, 3.8) is 0 Å². The molecule has 0 saturated heterocycles. The summed E-state index contributed by atoms with van der Waals surface area (Å²) in [5, 5.41) is 14.7. The zero-order valence-electron chi connectivity index (χ0n) is 18.3. The van der Waals surface area contributed by atoms with Crippen molar-refractivity contribution in [1.82, 2.24) is 20.1 Å². The highest BCUT2D eigenvalue weighted by atomic mass is 32.1. The number of nitrogens with zero attached hydrogens (tertiary/aromatic N) is 4. The Labute approximate surface area is 189 Å². The lowest BCUT2D eigenvalue weighted by atomic mass is 10.1. The maximum absolute atomic E-state index is 12.0. The van der Waals surface area contributed by atoms with Gasteiger partial charge in [-0.2, -0.15) is 5.10 Å². The third-order valence-electron chi connectivity index (χ3n) is 4.60. The summed E-state index contributed by atoms with van der Waals surface area (Å²) in [5.74, 6) is 1.40. The number of nitrogens with one attached hydrogen (secondary N) is 3. The van der Waals surface area contributed by atoms with Gasteiger partial charge in [0, 0.05) is 36.3 Å². The fraction of sp³-hybridized carbons (Fsp3) is 0.333. The second-order valence-corrected chi connectivity index (χ2v) is 9.04. The van der Waals surface area contributed by atoms with Gasteiger partial charge in [0.05, 0.1) is 12.2 Å². The smallest absolute Gasteiger partial charge is 0.413 e. The maximum atomic E-state index is 12.0. The molecule has 0 aliphatic carbocycles. The highest BCUT2D eigenvalue weighted by molar-refractivity contribution is 7.14. The van der Waals surface area contributed by atoms with Crippen molar-refractivity contribution in [1.29, 1.82) is 0 Å². The number of benzene rings is 1. The monoisotopic (exact) mass is 455 g/mol. The highest BCUT2D eigenvalue weighted by Gasteiger charge is 2.24. The fourth-order valence-electron chi connectivity index (χ4n) is 3.29. The first kappa shape index (κ1) is 21.6. The summed E-state index contributed by atoms with van der Waals surface area (Å²) in [4.78, 5) is 30.2. The number of thiazole rings is 1. The summed E-state index contributed by atoms with van der Waals surface area (Å²) in [6.45, 7) is 6.93. The second kappa shape index (κ2) is 8.50. The van der Waals surface area contributed by atoms with Gasteiger partial charge in [-0.3, -0.25) is 10.6 Å². The van der Waals surface area contributed by atoms with Crippen LogP contribution in [0.25, 0.3) is 11.3 Å². The van der Waals surface area contributed by atoms with E-state index in [0.29, 0.717) is 10.9 Å². The largest absolute Gasteiger partial charge is 0.444 e. The first-order valence-corrected chi connectivity index (χ1v) is 11.0. The van der Waals surface area contributed by atoms with Gasteiger partial charge in [-0.15, -0.1) is 11.3 Å². The Morgan fingerprint density at radius 2 is 1.97 bits per heavy atom. The number of aromatic nitrogens is 3. The van der Waals surface area contributed by atoms with Gasteiger partial charge in [0.2, 0.25) is 0 Å². The Morgan fingerprint density at radius 1 is 1.16 bits per heavy atom. The van der Waals surface area contributed by atoms with Crippen molar-refractivity contribution < 1.29 is 14.3 Å². The van der Waals surface area contributed by atoms with Crippen LogP contribution in [0.5, 0.6) is 0 Å². The lowest BCUT2D eigenvalue weighted by molar-refractivity contribution is 0.0636. The predicted molar refractivity (Wildman–Crippen MR) is 125 cm³/mol. The van der Waals surface area contributed by atoms with Gasteiger partial charge < -0.3 is 15.0 Å². The standard InChI is InChI=1S/C21H25N7O3S/c1-21(2,3)31-20(30)25-19-23-15(12-32-19)13-6-5-7-14(10-13)27-8-9-28-17(27)11-16(26-28)24-18(29)22-4/h5-7,10-12H,8-9H2,1-4H3,(H,23,25,30)(H2,22,24,26,29). The van der Waals surface area contributed by atoms with Crippen LogP contribution in [0, 0.1) is 0 Å². The quantitative estimate of drug-likeness (QED) is 0.542. The van der Waals surface area contributed by atoms with Crippen LogP contribution in [0.1, 0.15) is 20.8 Å². The van der Waals surface area contributed by atoms with Crippen molar-refractivity contribution in [3.8, 4) is 11.3 Å². The van der Waals surface area contributed by atoms with E-state index in [2.05, 4.69) is 30.9 Å². The van der Waals surface area contributed by atoms with E-state index in [1.807, 2.05) is 61.2 Å². The molecule has 4 rings (SSSR count). The first-order valence-electron chi connectivity index (χ1n) is 10.1. The van der Waals surface area contributed by atoms with E-state index in [9.17, 15) is 9.59 Å². The molecule has 32 heavy (non-hydrogen) atoms. The van der Waals surface area contributed by atoms with Gasteiger partial charge in [-0.05, 0) is 32.9 Å². The highest BCUT2D eigenvalue weighted by Crippen LogP contribution is 2.34. The van der Waals surface area contributed by atoms with E-state index in [0.717, 1.165) is 35.9 Å². The Bertz CT molecular complexity index is 1150. The zero-order valence-corrected chi connectivity index (χ0v) is 19.1. The van der Waals surface area contributed by atoms with Crippen LogP contribution in [0.4, 0.5) is 32.0 Å². The molecular weight excluding hydrogens is 430 g/mol. The van der Waals surface area contributed by atoms with E-state index in [4.69, 9.17) is 4.74 Å². The number of ether oxygens (including phenoxy) is 1. The van der Waals surface area contributed by atoms with Crippen LogP contribution in [-0.4, -0.2) is 46.1 Å². The Kier molecular flexibility index (Phi) is 5.74. The number of anilines is 4. The van der Waals surface area contributed by atoms with Crippen molar-refractivity contribution in [2.45, 2.75) is 32.9 Å². The average Bonchev–Trinajstić information content (AvgIpc) is 3.42.